The Balaban J connectivity index is 1.72. The van der Waals surface area contributed by atoms with Crippen LogP contribution in [0.5, 0.6) is 0 Å². The van der Waals surface area contributed by atoms with Crippen LogP contribution in [0, 0.1) is 5.92 Å². The summed E-state index contributed by atoms with van der Waals surface area (Å²) in [6, 6.07) is -0.366. The maximum Gasteiger partial charge on any atom is 0.244 e. The molecule has 4 nitrogen and oxygen atoms in total. The van der Waals surface area contributed by atoms with E-state index in [0.29, 0.717) is 12.3 Å². The van der Waals surface area contributed by atoms with E-state index in [1.54, 1.807) is 6.92 Å². The maximum absolute atomic E-state index is 12.1. The molecular weight excluding hydrogens is 240 g/mol. The van der Waals surface area contributed by atoms with Gasteiger partial charge in [-0.05, 0) is 38.5 Å². The number of amides is 2. The van der Waals surface area contributed by atoms with Crippen molar-refractivity contribution in [1.82, 2.24) is 10.2 Å². The average molecular weight is 266 g/mol. The molecule has 2 aliphatic rings. The standard InChI is InChI=1S/C15H26N2O2/c1-12(15(19)17-9-5-6-10-17)16-14(18)11-13-7-3-2-4-8-13/h12-13H,2-11H2,1H3,(H,16,18). The van der Waals surface area contributed by atoms with Gasteiger partial charge in [0.1, 0.15) is 6.04 Å². The molecule has 1 unspecified atom stereocenters. The van der Waals surface area contributed by atoms with E-state index in [2.05, 4.69) is 5.32 Å². The Morgan fingerprint density at radius 2 is 1.74 bits per heavy atom. The Bertz CT molecular complexity index is 318. The first kappa shape index (κ1) is 14.4. The van der Waals surface area contributed by atoms with Crippen LogP contribution < -0.4 is 5.32 Å². The summed E-state index contributed by atoms with van der Waals surface area (Å²) in [5, 5.41) is 2.87. The van der Waals surface area contributed by atoms with Crippen molar-refractivity contribution in [3.05, 3.63) is 0 Å². The summed E-state index contributed by atoms with van der Waals surface area (Å²) in [5.74, 6) is 0.657. The highest BCUT2D eigenvalue weighted by atomic mass is 16.2. The van der Waals surface area contributed by atoms with E-state index in [1.807, 2.05) is 4.90 Å². The molecule has 1 aliphatic carbocycles. The molecule has 0 aromatic heterocycles. The third-order valence-corrected chi connectivity index (χ3v) is 4.36. The summed E-state index contributed by atoms with van der Waals surface area (Å²) in [4.78, 5) is 25.9. The quantitative estimate of drug-likeness (QED) is 0.847. The summed E-state index contributed by atoms with van der Waals surface area (Å²) in [6.45, 7) is 3.50. The zero-order chi connectivity index (χ0) is 13.7. The van der Waals surface area contributed by atoms with Gasteiger partial charge in [0.15, 0.2) is 0 Å². The van der Waals surface area contributed by atoms with Crippen molar-refractivity contribution in [2.45, 2.75) is 64.3 Å². The van der Waals surface area contributed by atoms with Crippen molar-refractivity contribution < 1.29 is 9.59 Å². The van der Waals surface area contributed by atoms with Gasteiger partial charge in [0.25, 0.3) is 0 Å². The van der Waals surface area contributed by atoms with Gasteiger partial charge in [0.2, 0.25) is 11.8 Å². The minimum Gasteiger partial charge on any atom is -0.345 e. The van der Waals surface area contributed by atoms with Crippen LogP contribution in [0.15, 0.2) is 0 Å². The molecule has 1 aliphatic heterocycles. The normalized spacial score (nSPS) is 22.3. The Hall–Kier alpha value is -1.06. The van der Waals surface area contributed by atoms with Crippen LogP contribution in [0.4, 0.5) is 0 Å². The van der Waals surface area contributed by atoms with Gasteiger partial charge in [-0.25, -0.2) is 0 Å². The minimum absolute atomic E-state index is 0.0481. The second-order valence-corrected chi connectivity index (χ2v) is 6.03. The Kier molecular flexibility index (Phi) is 5.23. The predicted molar refractivity (Wildman–Crippen MR) is 74.6 cm³/mol. The van der Waals surface area contributed by atoms with Crippen molar-refractivity contribution in [3.63, 3.8) is 0 Å². The number of nitrogens with one attached hydrogen (secondary N) is 1. The monoisotopic (exact) mass is 266 g/mol. The van der Waals surface area contributed by atoms with Gasteiger partial charge in [-0.15, -0.1) is 0 Å². The van der Waals surface area contributed by atoms with Crippen LogP contribution in [0.3, 0.4) is 0 Å². The first-order chi connectivity index (χ1) is 9.16. The van der Waals surface area contributed by atoms with Crippen molar-refractivity contribution in [2.24, 2.45) is 5.92 Å². The Morgan fingerprint density at radius 1 is 1.11 bits per heavy atom. The number of hydrogen-bond donors (Lipinski definition) is 1. The summed E-state index contributed by atoms with van der Waals surface area (Å²) < 4.78 is 0. The van der Waals surface area contributed by atoms with Gasteiger partial charge in [-0.3, -0.25) is 9.59 Å². The van der Waals surface area contributed by atoms with Gasteiger partial charge in [-0.2, -0.15) is 0 Å². The molecule has 0 aromatic carbocycles. The number of carbonyl (C=O) groups excluding carboxylic acids is 2. The fourth-order valence-corrected chi connectivity index (χ4v) is 3.23. The summed E-state index contributed by atoms with van der Waals surface area (Å²) in [5.41, 5.74) is 0. The SMILES string of the molecule is CC(NC(=O)CC1CCCCC1)C(=O)N1CCCC1. The second kappa shape index (κ2) is 6.92. The van der Waals surface area contributed by atoms with Crippen LogP contribution >= 0.6 is 0 Å². The molecule has 108 valence electrons. The zero-order valence-corrected chi connectivity index (χ0v) is 12.0. The topological polar surface area (TPSA) is 49.4 Å². The van der Waals surface area contributed by atoms with Crippen LogP contribution in [-0.2, 0) is 9.59 Å². The molecule has 1 saturated heterocycles. The van der Waals surface area contributed by atoms with E-state index in [-0.39, 0.29) is 17.9 Å². The summed E-state index contributed by atoms with van der Waals surface area (Å²) in [7, 11) is 0. The van der Waals surface area contributed by atoms with Gasteiger partial charge in [0, 0.05) is 19.5 Å². The molecule has 2 rings (SSSR count). The molecule has 1 heterocycles. The fraction of sp³-hybridized carbons (Fsp3) is 0.867. The minimum atomic E-state index is -0.366. The third-order valence-electron chi connectivity index (χ3n) is 4.36. The van der Waals surface area contributed by atoms with Gasteiger partial charge in [-0.1, -0.05) is 19.3 Å². The zero-order valence-electron chi connectivity index (χ0n) is 12.0. The molecule has 4 heteroatoms. The lowest BCUT2D eigenvalue weighted by Gasteiger charge is -2.24. The fourth-order valence-electron chi connectivity index (χ4n) is 3.23. The van der Waals surface area contributed by atoms with E-state index in [4.69, 9.17) is 0 Å². The molecule has 0 spiro atoms. The van der Waals surface area contributed by atoms with E-state index in [0.717, 1.165) is 25.9 Å². The predicted octanol–water partition coefficient (Wildman–Crippen LogP) is 2.08. The maximum atomic E-state index is 12.1. The highest BCUT2D eigenvalue weighted by Crippen LogP contribution is 2.26. The van der Waals surface area contributed by atoms with Crippen molar-refractivity contribution in [1.29, 1.82) is 0 Å². The lowest BCUT2D eigenvalue weighted by Crippen LogP contribution is -2.46. The van der Waals surface area contributed by atoms with Crippen molar-refractivity contribution in [3.8, 4) is 0 Å². The molecule has 19 heavy (non-hydrogen) atoms. The Labute approximate surface area is 115 Å². The van der Waals surface area contributed by atoms with E-state index in [1.165, 1.54) is 32.1 Å². The molecule has 0 aromatic rings. The second-order valence-electron chi connectivity index (χ2n) is 6.03. The van der Waals surface area contributed by atoms with Crippen LogP contribution in [-0.4, -0.2) is 35.8 Å². The average Bonchev–Trinajstić information content (AvgIpc) is 2.92. The molecule has 0 radical (unpaired) electrons. The van der Waals surface area contributed by atoms with Crippen molar-refractivity contribution in [2.75, 3.05) is 13.1 Å². The summed E-state index contributed by atoms with van der Waals surface area (Å²) >= 11 is 0. The molecule has 1 saturated carbocycles. The smallest absolute Gasteiger partial charge is 0.244 e. The van der Waals surface area contributed by atoms with Crippen LogP contribution in [0.25, 0.3) is 0 Å². The lowest BCUT2D eigenvalue weighted by atomic mass is 9.87. The number of rotatable bonds is 4. The third kappa shape index (κ3) is 4.22. The molecule has 1 N–H and O–H groups in total. The number of hydrogen-bond acceptors (Lipinski definition) is 2. The summed E-state index contributed by atoms with van der Waals surface area (Å²) in [6.07, 6.45) is 8.92. The lowest BCUT2D eigenvalue weighted by molar-refractivity contribution is -0.135. The molecular formula is C15H26N2O2. The largest absolute Gasteiger partial charge is 0.345 e. The highest BCUT2D eigenvalue weighted by molar-refractivity contribution is 5.87. The van der Waals surface area contributed by atoms with Crippen LogP contribution in [0.2, 0.25) is 0 Å². The number of likely N-dealkylation sites (tertiary alicyclic amines) is 1. The van der Waals surface area contributed by atoms with Gasteiger partial charge < -0.3 is 10.2 Å². The molecule has 0 bridgehead atoms. The van der Waals surface area contributed by atoms with E-state index in [9.17, 15) is 9.59 Å². The number of carbonyl (C=O) groups is 2. The van der Waals surface area contributed by atoms with E-state index < -0.39 is 0 Å². The molecule has 2 amide bonds. The Morgan fingerprint density at radius 3 is 2.37 bits per heavy atom. The first-order valence-corrected chi connectivity index (χ1v) is 7.75. The van der Waals surface area contributed by atoms with Gasteiger partial charge in [0.05, 0.1) is 0 Å². The van der Waals surface area contributed by atoms with Gasteiger partial charge >= 0.3 is 0 Å². The van der Waals surface area contributed by atoms with Crippen LogP contribution in [0.1, 0.15) is 58.3 Å². The highest BCUT2D eigenvalue weighted by Gasteiger charge is 2.25. The molecule has 2 fully saturated rings. The number of nitrogens with zero attached hydrogens (tertiary/aromatic N) is 1. The van der Waals surface area contributed by atoms with E-state index >= 15 is 0 Å². The molecule has 1 atom stereocenters. The van der Waals surface area contributed by atoms with Crippen molar-refractivity contribution >= 4 is 11.8 Å². The first-order valence-electron chi connectivity index (χ1n) is 7.75.